The first kappa shape index (κ1) is 16.4. The number of nitrogens with two attached hydrogens (primary N) is 1. The molecule has 29 heavy (non-hydrogen) atoms. The summed E-state index contributed by atoms with van der Waals surface area (Å²) in [6, 6.07) is 8.33. The fraction of sp³-hybridized carbons (Fsp3) is 0.500. The minimum atomic E-state index is -2.02. The molecule has 3 aliphatic rings. The van der Waals surface area contributed by atoms with E-state index in [1.54, 1.807) is 7.11 Å². The average Bonchev–Trinajstić information content (AvgIpc) is 3.12. The Morgan fingerprint density at radius 2 is 2.14 bits per heavy atom. The first-order valence-electron chi connectivity index (χ1n) is 11.3. The SMILES string of the molecule is [2H]C1([2H])OC(N)=N[C@]12c1cc(-c3cncc(C)c3)ccc1C[C@]21CC[C@@H](OC)[C@H](C)C1. The Kier molecular flexibility index (Phi) is 3.71. The Balaban J connectivity index is 1.70. The van der Waals surface area contributed by atoms with Gasteiger partial charge in [-0.25, -0.2) is 4.99 Å². The van der Waals surface area contributed by atoms with E-state index in [1.807, 2.05) is 19.3 Å². The van der Waals surface area contributed by atoms with Crippen LogP contribution in [0.3, 0.4) is 0 Å². The predicted molar refractivity (Wildman–Crippen MR) is 114 cm³/mol. The Bertz CT molecular complexity index is 1070. The molecule has 2 spiro atoms. The third-order valence-corrected chi connectivity index (χ3v) is 7.14. The van der Waals surface area contributed by atoms with Crippen molar-refractivity contribution in [2.24, 2.45) is 22.1 Å². The molecule has 0 unspecified atom stereocenters. The van der Waals surface area contributed by atoms with Crippen LogP contribution >= 0.6 is 0 Å². The Morgan fingerprint density at radius 1 is 1.28 bits per heavy atom. The van der Waals surface area contributed by atoms with E-state index in [1.165, 1.54) is 0 Å². The predicted octanol–water partition coefficient (Wildman–Crippen LogP) is 3.97. The first-order valence-corrected chi connectivity index (χ1v) is 10.3. The summed E-state index contributed by atoms with van der Waals surface area (Å²) >= 11 is 0. The van der Waals surface area contributed by atoms with Gasteiger partial charge in [-0.05, 0) is 72.9 Å². The molecule has 1 aromatic heterocycles. The third-order valence-electron chi connectivity index (χ3n) is 7.14. The number of aryl methyl sites for hydroxylation is 1. The van der Waals surface area contributed by atoms with Gasteiger partial charge >= 0.3 is 0 Å². The standard InChI is InChI=1S/C24H29N3O2/c1-15-8-19(13-26-12-15)17-4-5-18-11-23(7-6-21(28-3)16(2)10-23)24(20(18)9-17)14-29-22(25)27-24/h4-5,8-9,12-13,16,21H,6-7,10-11,14H2,1-3H3,(H2,25,27)/t16-,21-,23-,24+/m1/s1/i14D2. The molecule has 152 valence electrons. The van der Waals surface area contributed by atoms with Crippen LogP contribution in [0, 0.1) is 18.3 Å². The monoisotopic (exact) mass is 393 g/mol. The molecule has 5 rings (SSSR count). The minimum Gasteiger partial charge on any atom is -0.462 e. The maximum Gasteiger partial charge on any atom is 0.283 e. The van der Waals surface area contributed by atoms with Gasteiger partial charge in [0.15, 0.2) is 0 Å². The van der Waals surface area contributed by atoms with Crippen LogP contribution in [-0.4, -0.2) is 30.8 Å². The van der Waals surface area contributed by atoms with Gasteiger partial charge in [0.05, 0.1) is 8.85 Å². The van der Waals surface area contributed by atoms with Gasteiger partial charge in [-0.15, -0.1) is 0 Å². The van der Waals surface area contributed by atoms with E-state index in [0.29, 0.717) is 5.92 Å². The number of methoxy groups -OCH3 is 1. The lowest BCUT2D eigenvalue weighted by Crippen LogP contribution is -2.48. The summed E-state index contributed by atoms with van der Waals surface area (Å²) < 4.78 is 29.1. The maximum atomic E-state index is 8.93. The number of rotatable bonds is 2. The maximum absolute atomic E-state index is 8.93. The van der Waals surface area contributed by atoms with Crippen molar-refractivity contribution in [2.75, 3.05) is 13.7 Å². The number of hydrogen-bond acceptors (Lipinski definition) is 5. The van der Waals surface area contributed by atoms with Crippen LogP contribution in [0.5, 0.6) is 0 Å². The zero-order valence-corrected chi connectivity index (χ0v) is 17.2. The molecular formula is C24H29N3O2. The van der Waals surface area contributed by atoms with E-state index < -0.39 is 17.5 Å². The van der Waals surface area contributed by atoms with Gasteiger partial charge < -0.3 is 15.2 Å². The van der Waals surface area contributed by atoms with E-state index in [4.69, 9.17) is 22.9 Å². The van der Waals surface area contributed by atoms with Gasteiger partial charge in [0.1, 0.15) is 12.1 Å². The Hall–Kier alpha value is -2.40. The molecule has 4 atom stereocenters. The second-order valence-corrected chi connectivity index (χ2v) is 8.94. The molecule has 2 aliphatic carbocycles. The van der Waals surface area contributed by atoms with E-state index >= 15 is 0 Å². The van der Waals surface area contributed by atoms with Gasteiger partial charge in [0.25, 0.3) is 6.02 Å². The number of aromatic nitrogens is 1. The molecule has 0 bridgehead atoms. The number of amidine groups is 1. The molecule has 2 heterocycles. The van der Waals surface area contributed by atoms with E-state index in [-0.39, 0.29) is 12.1 Å². The second-order valence-electron chi connectivity index (χ2n) is 8.94. The lowest BCUT2D eigenvalue weighted by molar-refractivity contribution is -0.0445. The van der Waals surface area contributed by atoms with Crippen LogP contribution in [-0.2, 0) is 21.4 Å². The normalized spacial score (nSPS) is 35.8. The summed E-state index contributed by atoms with van der Waals surface area (Å²) in [4.78, 5) is 9.10. The average molecular weight is 394 g/mol. The van der Waals surface area contributed by atoms with Crippen molar-refractivity contribution in [3.63, 3.8) is 0 Å². The molecule has 1 aliphatic heterocycles. The van der Waals surface area contributed by atoms with Gasteiger partial charge in [-0.1, -0.05) is 19.1 Å². The molecule has 0 saturated heterocycles. The van der Waals surface area contributed by atoms with Crippen molar-refractivity contribution in [1.29, 1.82) is 0 Å². The van der Waals surface area contributed by atoms with Crippen molar-refractivity contribution >= 4 is 6.02 Å². The fourth-order valence-electron chi connectivity index (χ4n) is 5.81. The van der Waals surface area contributed by atoms with Crippen LogP contribution < -0.4 is 5.73 Å². The molecule has 5 heteroatoms. The number of hydrogen-bond donors (Lipinski definition) is 1. The number of nitrogens with zero attached hydrogens (tertiary/aromatic N) is 2. The molecule has 0 radical (unpaired) electrons. The molecule has 1 fully saturated rings. The topological polar surface area (TPSA) is 69.7 Å². The lowest BCUT2D eigenvalue weighted by Gasteiger charge is -2.47. The summed E-state index contributed by atoms with van der Waals surface area (Å²) in [6.45, 7) is 2.18. The fourth-order valence-corrected chi connectivity index (χ4v) is 5.81. The van der Waals surface area contributed by atoms with Crippen molar-refractivity contribution in [3.05, 3.63) is 53.3 Å². The zero-order chi connectivity index (χ0) is 22.0. The molecule has 2 aromatic rings. The number of fused-ring (bicyclic) bond motifs is 3. The minimum absolute atomic E-state index is 0.0682. The third kappa shape index (κ3) is 2.71. The van der Waals surface area contributed by atoms with Crippen molar-refractivity contribution < 1.29 is 12.2 Å². The number of benzene rings is 1. The second kappa shape index (κ2) is 6.56. The summed E-state index contributed by atoms with van der Waals surface area (Å²) in [6.07, 6.45) is 7.09. The quantitative estimate of drug-likeness (QED) is 0.838. The van der Waals surface area contributed by atoms with Crippen molar-refractivity contribution in [1.82, 2.24) is 4.98 Å². The Morgan fingerprint density at radius 3 is 2.83 bits per heavy atom. The Labute approximate surface area is 175 Å². The molecule has 5 nitrogen and oxygen atoms in total. The highest BCUT2D eigenvalue weighted by atomic mass is 16.5. The van der Waals surface area contributed by atoms with Crippen LogP contribution in [0.4, 0.5) is 0 Å². The first-order chi connectivity index (χ1) is 14.7. The highest BCUT2D eigenvalue weighted by Crippen LogP contribution is 2.62. The van der Waals surface area contributed by atoms with Crippen LogP contribution in [0.25, 0.3) is 11.1 Å². The molecule has 0 amide bonds. The molecule has 1 saturated carbocycles. The van der Waals surface area contributed by atoms with Crippen molar-refractivity contribution in [2.45, 2.75) is 51.2 Å². The lowest BCUT2D eigenvalue weighted by atomic mass is 9.59. The van der Waals surface area contributed by atoms with E-state index in [0.717, 1.165) is 53.5 Å². The number of ether oxygens (including phenoxy) is 2. The summed E-state index contributed by atoms with van der Waals surface area (Å²) in [7, 11) is 1.76. The van der Waals surface area contributed by atoms with Crippen molar-refractivity contribution in [3.8, 4) is 11.1 Å². The van der Waals surface area contributed by atoms with Gasteiger partial charge in [0, 0.05) is 30.5 Å². The molecule has 2 N–H and O–H groups in total. The summed E-state index contributed by atoms with van der Waals surface area (Å²) in [5.74, 6) is 0.290. The van der Waals surface area contributed by atoms with Crippen LogP contribution in [0.1, 0.15) is 45.6 Å². The highest BCUT2D eigenvalue weighted by molar-refractivity contribution is 5.76. The molecule has 1 aromatic carbocycles. The summed E-state index contributed by atoms with van der Waals surface area (Å²) in [5, 5.41) is 0. The van der Waals surface area contributed by atoms with Gasteiger partial charge in [0.2, 0.25) is 0 Å². The smallest absolute Gasteiger partial charge is 0.283 e. The van der Waals surface area contributed by atoms with Gasteiger partial charge in [-0.3, -0.25) is 4.98 Å². The zero-order valence-electron chi connectivity index (χ0n) is 19.2. The van der Waals surface area contributed by atoms with Gasteiger partial charge in [-0.2, -0.15) is 0 Å². The number of aliphatic imine (C=N–C) groups is 1. The van der Waals surface area contributed by atoms with E-state index in [2.05, 4.69) is 36.2 Å². The van der Waals surface area contributed by atoms with Crippen LogP contribution in [0.2, 0.25) is 0 Å². The number of pyridine rings is 1. The van der Waals surface area contributed by atoms with Crippen LogP contribution in [0.15, 0.2) is 41.7 Å². The highest BCUT2D eigenvalue weighted by Gasteiger charge is 2.62. The largest absolute Gasteiger partial charge is 0.462 e. The summed E-state index contributed by atoms with van der Waals surface area (Å²) in [5.41, 5.74) is 9.55. The molecular weight excluding hydrogens is 362 g/mol. The van der Waals surface area contributed by atoms with E-state index in [9.17, 15) is 0 Å².